The van der Waals surface area contributed by atoms with Crippen molar-refractivity contribution in [3.63, 3.8) is 0 Å². The highest BCUT2D eigenvalue weighted by atomic mass is 16.5. The number of aryl methyl sites for hydroxylation is 1. The summed E-state index contributed by atoms with van der Waals surface area (Å²) in [4.78, 5) is 4.17. The largest absolute Gasteiger partial charge is 0.444 e. The molecule has 0 aliphatic carbocycles. The Balaban J connectivity index is 2.03. The summed E-state index contributed by atoms with van der Waals surface area (Å²) in [6, 6.07) is 0.117. The Morgan fingerprint density at radius 3 is 2.88 bits per heavy atom. The molecular weight excluding hydrogens is 220 g/mol. The number of aromatic nitrogens is 1. The summed E-state index contributed by atoms with van der Waals surface area (Å²) < 4.78 is 15.8. The zero-order valence-corrected chi connectivity index (χ0v) is 10.9. The van der Waals surface area contributed by atoms with Crippen molar-refractivity contribution in [2.24, 2.45) is 0 Å². The third-order valence-electron chi connectivity index (χ3n) is 2.34. The second kappa shape index (κ2) is 8.22. The van der Waals surface area contributed by atoms with Crippen LogP contribution in [-0.4, -0.2) is 38.5 Å². The summed E-state index contributed by atoms with van der Waals surface area (Å²) in [6.45, 7) is 6.88. The van der Waals surface area contributed by atoms with Gasteiger partial charge in [0.1, 0.15) is 5.76 Å². The predicted octanol–water partition coefficient (Wildman–Crippen LogP) is 1.69. The molecule has 1 unspecified atom stereocenters. The van der Waals surface area contributed by atoms with E-state index in [2.05, 4.69) is 10.3 Å². The van der Waals surface area contributed by atoms with Crippen molar-refractivity contribution >= 4 is 0 Å². The maximum Gasteiger partial charge on any atom is 0.211 e. The molecule has 0 aliphatic heterocycles. The molecule has 0 saturated carbocycles. The highest BCUT2D eigenvalue weighted by Gasteiger charge is 2.09. The lowest BCUT2D eigenvalue weighted by Gasteiger charge is -2.10. The highest BCUT2D eigenvalue weighted by molar-refractivity contribution is 4.94. The fourth-order valence-electron chi connectivity index (χ4n) is 1.41. The van der Waals surface area contributed by atoms with Crippen LogP contribution < -0.4 is 5.32 Å². The molecule has 1 heterocycles. The van der Waals surface area contributed by atoms with Gasteiger partial charge in [-0.3, -0.25) is 0 Å². The molecule has 1 atom stereocenters. The Morgan fingerprint density at radius 1 is 1.41 bits per heavy atom. The average Bonchev–Trinajstić information content (AvgIpc) is 2.74. The van der Waals surface area contributed by atoms with Gasteiger partial charge in [-0.05, 0) is 20.3 Å². The lowest BCUT2D eigenvalue weighted by molar-refractivity contribution is 0.103. The molecule has 5 heteroatoms. The summed E-state index contributed by atoms with van der Waals surface area (Å²) >= 11 is 0. The number of hydrogen-bond donors (Lipinski definition) is 1. The number of rotatable bonds is 9. The summed E-state index contributed by atoms with van der Waals surface area (Å²) in [5, 5.41) is 3.29. The van der Waals surface area contributed by atoms with Crippen LogP contribution in [0.3, 0.4) is 0 Å². The third-order valence-corrected chi connectivity index (χ3v) is 2.34. The van der Waals surface area contributed by atoms with E-state index in [4.69, 9.17) is 13.9 Å². The topological polar surface area (TPSA) is 56.5 Å². The van der Waals surface area contributed by atoms with E-state index >= 15 is 0 Å². The van der Waals surface area contributed by atoms with Crippen molar-refractivity contribution in [3.8, 4) is 0 Å². The Labute approximate surface area is 103 Å². The molecule has 5 nitrogen and oxygen atoms in total. The minimum absolute atomic E-state index is 0.117. The molecule has 0 aromatic carbocycles. The Bertz CT molecular complexity index is 302. The van der Waals surface area contributed by atoms with Crippen LogP contribution in [0.4, 0.5) is 0 Å². The summed E-state index contributed by atoms with van der Waals surface area (Å²) in [6.07, 6.45) is 2.67. The first kappa shape index (κ1) is 14.2. The van der Waals surface area contributed by atoms with Gasteiger partial charge in [-0.2, -0.15) is 0 Å². The molecule has 0 aliphatic rings. The van der Waals surface area contributed by atoms with Gasteiger partial charge in [-0.1, -0.05) is 0 Å². The zero-order chi connectivity index (χ0) is 12.5. The molecule has 0 spiro atoms. The van der Waals surface area contributed by atoms with Gasteiger partial charge in [0, 0.05) is 26.9 Å². The Kier molecular flexibility index (Phi) is 6.84. The van der Waals surface area contributed by atoms with Crippen molar-refractivity contribution in [2.45, 2.75) is 26.3 Å². The van der Waals surface area contributed by atoms with Gasteiger partial charge in [-0.15, -0.1) is 0 Å². The van der Waals surface area contributed by atoms with E-state index in [1.807, 2.05) is 13.8 Å². The van der Waals surface area contributed by atoms with Crippen LogP contribution in [0, 0.1) is 6.92 Å². The molecule has 17 heavy (non-hydrogen) atoms. The molecule has 0 bridgehead atoms. The first-order valence-corrected chi connectivity index (χ1v) is 5.96. The van der Waals surface area contributed by atoms with Gasteiger partial charge in [0.15, 0.2) is 0 Å². The van der Waals surface area contributed by atoms with Crippen molar-refractivity contribution < 1.29 is 13.9 Å². The maximum absolute atomic E-state index is 5.43. The number of ether oxygens (including phenoxy) is 2. The van der Waals surface area contributed by atoms with Gasteiger partial charge in [-0.25, -0.2) is 4.98 Å². The Hall–Kier alpha value is -0.910. The quantitative estimate of drug-likeness (QED) is 0.668. The fraction of sp³-hybridized carbons (Fsp3) is 0.750. The van der Waals surface area contributed by atoms with Crippen molar-refractivity contribution in [1.29, 1.82) is 0 Å². The number of nitrogens with zero attached hydrogens (tertiary/aromatic N) is 1. The average molecular weight is 242 g/mol. The fourth-order valence-corrected chi connectivity index (χ4v) is 1.41. The molecule has 0 radical (unpaired) electrons. The molecule has 98 valence electrons. The predicted molar refractivity (Wildman–Crippen MR) is 65.0 cm³/mol. The van der Waals surface area contributed by atoms with E-state index in [1.54, 1.807) is 13.3 Å². The van der Waals surface area contributed by atoms with Crippen LogP contribution in [0.25, 0.3) is 0 Å². The molecule has 1 aromatic heterocycles. The highest BCUT2D eigenvalue weighted by Crippen LogP contribution is 2.11. The van der Waals surface area contributed by atoms with Crippen LogP contribution >= 0.6 is 0 Å². The minimum atomic E-state index is 0.117. The van der Waals surface area contributed by atoms with Gasteiger partial charge < -0.3 is 19.2 Å². The van der Waals surface area contributed by atoms with E-state index in [1.165, 1.54) is 0 Å². The van der Waals surface area contributed by atoms with E-state index in [-0.39, 0.29) is 6.04 Å². The van der Waals surface area contributed by atoms with Gasteiger partial charge in [0.2, 0.25) is 5.89 Å². The summed E-state index contributed by atoms with van der Waals surface area (Å²) in [5.41, 5.74) is 0. The third kappa shape index (κ3) is 5.81. The molecule has 0 fully saturated rings. The second-order valence-electron chi connectivity index (χ2n) is 3.94. The van der Waals surface area contributed by atoms with Crippen molar-refractivity contribution in [3.05, 3.63) is 17.8 Å². The number of hydrogen-bond acceptors (Lipinski definition) is 5. The normalized spacial score (nSPS) is 12.9. The monoisotopic (exact) mass is 242 g/mol. The molecule has 1 N–H and O–H groups in total. The smallest absolute Gasteiger partial charge is 0.211 e. The SMILES string of the molecule is COCCCOCCNC(C)c1ncc(C)o1. The molecule has 0 saturated heterocycles. The number of oxazole rings is 1. The first-order chi connectivity index (χ1) is 8.24. The first-order valence-electron chi connectivity index (χ1n) is 5.96. The summed E-state index contributed by atoms with van der Waals surface area (Å²) in [5.74, 6) is 1.56. The molecule has 1 aromatic rings. The van der Waals surface area contributed by atoms with Crippen molar-refractivity contribution in [1.82, 2.24) is 10.3 Å². The van der Waals surface area contributed by atoms with Crippen LogP contribution in [-0.2, 0) is 9.47 Å². The van der Waals surface area contributed by atoms with Crippen LogP contribution in [0.15, 0.2) is 10.6 Å². The zero-order valence-electron chi connectivity index (χ0n) is 10.9. The maximum atomic E-state index is 5.43. The molecular formula is C12H22N2O3. The van der Waals surface area contributed by atoms with Gasteiger partial charge in [0.25, 0.3) is 0 Å². The van der Waals surface area contributed by atoms with Gasteiger partial charge >= 0.3 is 0 Å². The van der Waals surface area contributed by atoms with Gasteiger partial charge in [0.05, 0.1) is 18.8 Å². The lowest BCUT2D eigenvalue weighted by atomic mass is 10.3. The number of nitrogens with one attached hydrogen (secondary N) is 1. The van der Waals surface area contributed by atoms with Crippen LogP contribution in [0.1, 0.15) is 31.0 Å². The Morgan fingerprint density at radius 2 is 2.24 bits per heavy atom. The summed E-state index contributed by atoms with van der Waals surface area (Å²) in [7, 11) is 1.70. The van der Waals surface area contributed by atoms with E-state index in [0.717, 1.165) is 37.8 Å². The van der Waals surface area contributed by atoms with E-state index in [0.29, 0.717) is 6.61 Å². The second-order valence-corrected chi connectivity index (χ2v) is 3.94. The lowest BCUT2D eigenvalue weighted by Crippen LogP contribution is -2.23. The minimum Gasteiger partial charge on any atom is -0.444 e. The number of methoxy groups -OCH3 is 1. The molecule has 1 rings (SSSR count). The van der Waals surface area contributed by atoms with Crippen LogP contribution in [0.5, 0.6) is 0 Å². The standard InChI is InChI=1S/C12H22N2O3/c1-10-9-14-12(17-10)11(2)13-5-8-16-7-4-6-15-3/h9,11,13H,4-8H2,1-3H3. The molecule has 0 amide bonds. The van der Waals surface area contributed by atoms with E-state index < -0.39 is 0 Å². The van der Waals surface area contributed by atoms with Crippen LogP contribution in [0.2, 0.25) is 0 Å². The van der Waals surface area contributed by atoms with Crippen molar-refractivity contribution in [2.75, 3.05) is 33.5 Å². The van der Waals surface area contributed by atoms with E-state index in [9.17, 15) is 0 Å².